The van der Waals surface area contributed by atoms with Crippen LogP contribution in [-0.4, -0.2) is 34.2 Å². The first kappa shape index (κ1) is 20.1. The van der Waals surface area contributed by atoms with Gasteiger partial charge in [-0.3, -0.25) is 9.89 Å². The molecule has 6 heteroatoms. The Balaban J connectivity index is 1.30. The fraction of sp³-hybridized carbons (Fsp3) is 0.333. The van der Waals surface area contributed by atoms with Gasteiger partial charge < -0.3 is 9.64 Å². The van der Waals surface area contributed by atoms with Gasteiger partial charge in [0.2, 0.25) is 5.91 Å². The molecule has 1 amide bonds. The average Bonchev–Trinajstić information content (AvgIpc) is 3.42. The lowest BCUT2D eigenvalue weighted by atomic mass is 10.1. The molecule has 1 N–H and O–H groups in total. The molecule has 0 radical (unpaired) electrons. The highest BCUT2D eigenvalue weighted by Gasteiger charge is 2.31. The summed E-state index contributed by atoms with van der Waals surface area (Å²) in [6, 6.07) is 18.3. The number of H-pyrrole nitrogens is 1. The number of amides is 1. The lowest BCUT2D eigenvalue weighted by Gasteiger charge is -2.23. The SMILES string of the molecule is O=C(CCc1ccccc1)N1CCCC1c1cc(CCOc2cccc(F)c2)[nH]n1. The highest BCUT2D eigenvalue weighted by molar-refractivity contribution is 5.77. The van der Waals surface area contributed by atoms with Crippen LogP contribution in [0.1, 0.15) is 42.3 Å². The van der Waals surface area contributed by atoms with E-state index in [4.69, 9.17) is 4.74 Å². The lowest BCUT2D eigenvalue weighted by molar-refractivity contribution is -0.132. The van der Waals surface area contributed by atoms with Crippen LogP contribution in [0.15, 0.2) is 60.7 Å². The Labute approximate surface area is 175 Å². The van der Waals surface area contributed by atoms with Gasteiger partial charge in [-0.2, -0.15) is 5.10 Å². The molecule has 0 saturated carbocycles. The van der Waals surface area contributed by atoms with E-state index in [0.29, 0.717) is 25.2 Å². The van der Waals surface area contributed by atoms with Crippen molar-refractivity contribution in [3.63, 3.8) is 0 Å². The molecule has 1 aromatic heterocycles. The molecule has 0 spiro atoms. The van der Waals surface area contributed by atoms with E-state index in [1.54, 1.807) is 12.1 Å². The van der Waals surface area contributed by atoms with Crippen LogP contribution in [0.25, 0.3) is 0 Å². The maximum absolute atomic E-state index is 13.2. The van der Waals surface area contributed by atoms with Gasteiger partial charge in [-0.25, -0.2) is 4.39 Å². The van der Waals surface area contributed by atoms with Crippen LogP contribution < -0.4 is 4.74 Å². The lowest BCUT2D eigenvalue weighted by Crippen LogP contribution is -2.30. The molecule has 0 bridgehead atoms. The Morgan fingerprint density at radius 2 is 2.00 bits per heavy atom. The highest BCUT2D eigenvalue weighted by Crippen LogP contribution is 2.32. The van der Waals surface area contributed by atoms with Crippen LogP contribution in [0.4, 0.5) is 4.39 Å². The summed E-state index contributed by atoms with van der Waals surface area (Å²) < 4.78 is 18.8. The predicted molar refractivity (Wildman–Crippen MR) is 113 cm³/mol. The zero-order valence-electron chi connectivity index (χ0n) is 16.9. The summed E-state index contributed by atoms with van der Waals surface area (Å²) in [5.74, 6) is 0.385. The molecule has 1 aliphatic heterocycles. The van der Waals surface area contributed by atoms with Gasteiger partial charge in [0.15, 0.2) is 0 Å². The standard InChI is InChI=1S/C24H26FN3O2/c25-19-8-4-9-21(16-19)30-15-13-20-17-22(27-26-20)23-10-5-14-28(23)24(29)12-11-18-6-2-1-3-7-18/h1-4,6-9,16-17,23H,5,10-15H2,(H,26,27). The molecular weight excluding hydrogens is 381 g/mol. The number of nitrogens with zero attached hydrogens (tertiary/aromatic N) is 2. The van der Waals surface area contributed by atoms with Gasteiger partial charge in [0.05, 0.1) is 18.3 Å². The van der Waals surface area contributed by atoms with Crippen LogP contribution in [0.2, 0.25) is 0 Å². The number of rotatable bonds is 8. The number of benzene rings is 2. The summed E-state index contributed by atoms with van der Waals surface area (Å²) in [4.78, 5) is 14.8. The van der Waals surface area contributed by atoms with Crippen molar-refractivity contribution in [1.29, 1.82) is 0 Å². The molecule has 3 aromatic rings. The van der Waals surface area contributed by atoms with Crippen molar-refractivity contribution < 1.29 is 13.9 Å². The van der Waals surface area contributed by atoms with Crippen molar-refractivity contribution in [3.05, 3.63) is 83.4 Å². The Hall–Kier alpha value is -3.15. The Morgan fingerprint density at radius 3 is 2.83 bits per heavy atom. The first-order valence-electron chi connectivity index (χ1n) is 10.4. The number of halogens is 1. The van der Waals surface area contributed by atoms with Crippen molar-refractivity contribution in [2.24, 2.45) is 0 Å². The molecule has 5 nitrogen and oxygen atoms in total. The normalized spacial score (nSPS) is 16.0. The Bertz CT molecular complexity index is 973. The van der Waals surface area contributed by atoms with E-state index in [0.717, 1.165) is 37.2 Å². The first-order valence-corrected chi connectivity index (χ1v) is 10.4. The summed E-state index contributed by atoms with van der Waals surface area (Å²) in [5.41, 5.74) is 3.04. The van der Waals surface area contributed by atoms with Gasteiger partial charge in [-0.05, 0) is 43.0 Å². The van der Waals surface area contributed by atoms with Crippen molar-refractivity contribution >= 4 is 5.91 Å². The van der Waals surface area contributed by atoms with E-state index in [-0.39, 0.29) is 17.8 Å². The molecule has 4 rings (SSSR count). The van der Waals surface area contributed by atoms with Gasteiger partial charge in [0, 0.05) is 31.1 Å². The predicted octanol–water partition coefficient (Wildman–Crippen LogP) is 4.47. The average molecular weight is 407 g/mol. The van der Waals surface area contributed by atoms with Gasteiger partial charge in [0.1, 0.15) is 11.6 Å². The second-order valence-corrected chi connectivity index (χ2v) is 7.60. The largest absolute Gasteiger partial charge is 0.493 e. The van der Waals surface area contributed by atoms with E-state index in [1.807, 2.05) is 29.2 Å². The molecule has 0 aliphatic carbocycles. The molecule has 30 heavy (non-hydrogen) atoms. The molecule has 1 atom stereocenters. The van der Waals surface area contributed by atoms with E-state index < -0.39 is 0 Å². The third-order valence-corrected chi connectivity index (χ3v) is 5.47. The maximum atomic E-state index is 13.2. The third-order valence-electron chi connectivity index (χ3n) is 5.47. The van der Waals surface area contributed by atoms with Crippen LogP contribution in [-0.2, 0) is 17.6 Å². The second kappa shape index (κ2) is 9.57. The fourth-order valence-electron chi connectivity index (χ4n) is 3.93. The Morgan fingerprint density at radius 1 is 1.13 bits per heavy atom. The highest BCUT2D eigenvalue weighted by atomic mass is 19.1. The van der Waals surface area contributed by atoms with Crippen molar-refractivity contribution in [1.82, 2.24) is 15.1 Å². The van der Waals surface area contributed by atoms with E-state index in [1.165, 1.54) is 17.7 Å². The summed E-state index contributed by atoms with van der Waals surface area (Å²) in [6.07, 6.45) is 3.83. The van der Waals surface area contributed by atoms with Crippen LogP contribution in [0, 0.1) is 5.82 Å². The fourth-order valence-corrected chi connectivity index (χ4v) is 3.93. The number of hydrogen-bond acceptors (Lipinski definition) is 3. The van der Waals surface area contributed by atoms with E-state index >= 15 is 0 Å². The van der Waals surface area contributed by atoms with Crippen molar-refractivity contribution in [2.75, 3.05) is 13.2 Å². The zero-order chi connectivity index (χ0) is 20.8. The van der Waals surface area contributed by atoms with Gasteiger partial charge >= 0.3 is 0 Å². The zero-order valence-corrected chi connectivity index (χ0v) is 16.9. The van der Waals surface area contributed by atoms with E-state index in [2.05, 4.69) is 22.3 Å². The maximum Gasteiger partial charge on any atom is 0.223 e. The minimum Gasteiger partial charge on any atom is -0.493 e. The second-order valence-electron chi connectivity index (χ2n) is 7.60. The number of aromatic nitrogens is 2. The summed E-state index contributed by atoms with van der Waals surface area (Å²) in [5, 5.41) is 7.51. The molecule has 1 saturated heterocycles. The first-order chi connectivity index (χ1) is 14.7. The molecule has 2 heterocycles. The molecule has 1 aliphatic rings. The summed E-state index contributed by atoms with van der Waals surface area (Å²) >= 11 is 0. The number of aryl methyl sites for hydroxylation is 1. The Kier molecular flexibility index (Phi) is 6.42. The third kappa shape index (κ3) is 5.06. The van der Waals surface area contributed by atoms with E-state index in [9.17, 15) is 9.18 Å². The van der Waals surface area contributed by atoms with Crippen molar-refractivity contribution in [2.45, 2.75) is 38.1 Å². The number of likely N-dealkylation sites (tertiary alicyclic amines) is 1. The van der Waals surface area contributed by atoms with Gasteiger partial charge in [-0.15, -0.1) is 0 Å². The number of carbonyl (C=O) groups is 1. The summed E-state index contributed by atoms with van der Waals surface area (Å²) in [7, 11) is 0. The van der Waals surface area contributed by atoms with Crippen LogP contribution in [0.3, 0.4) is 0 Å². The number of ether oxygens (including phenoxy) is 1. The number of carbonyl (C=O) groups excluding carboxylic acids is 1. The molecule has 1 unspecified atom stereocenters. The molecule has 2 aromatic carbocycles. The number of hydrogen-bond donors (Lipinski definition) is 1. The minimum absolute atomic E-state index is 0.0300. The van der Waals surface area contributed by atoms with Crippen LogP contribution in [0.5, 0.6) is 5.75 Å². The smallest absolute Gasteiger partial charge is 0.223 e. The quantitative estimate of drug-likeness (QED) is 0.600. The molecule has 1 fully saturated rings. The van der Waals surface area contributed by atoms with Crippen molar-refractivity contribution in [3.8, 4) is 5.75 Å². The molecule has 156 valence electrons. The minimum atomic E-state index is -0.311. The summed E-state index contributed by atoms with van der Waals surface area (Å²) in [6.45, 7) is 1.21. The molecular formula is C24H26FN3O2. The monoisotopic (exact) mass is 407 g/mol. The number of aromatic amines is 1. The topological polar surface area (TPSA) is 58.2 Å². The van der Waals surface area contributed by atoms with Gasteiger partial charge in [-0.1, -0.05) is 36.4 Å². The van der Waals surface area contributed by atoms with Crippen LogP contribution >= 0.6 is 0 Å². The van der Waals surface area contributed by atoms with Gasteiger partial charge in [0.25, 0.3) is 0 Å². The number of nitrogens with one attached hydrogen (secondary N) is 1.